The number of fused-ring (bicyclic) bond motifs is 1. The van der Waals surface area contributed by atoms with Gasteiger partial charge in [0.15, 0.2) is 23.2 Å². The van der Waals surface area contributed by atoms with Crippen LogP contribution in [0.3, 0.4) is 0 Å². The van der Waals surface area contributed by atoms with Crippen LogP contribution in [0.1, 0.15) is 41.7 Å². The number of phenolic OH excluding ortho intramolecular Hbond substituents is 1. The summed E-state index contributed by atoms with van der Waals surface area (Å²) >= 11 is 0. The highest BCUT2D eigenvalue weighted by Crippen LogP contribution is 2.50. The number of aromatic hydroxyl groups is 1. The number of Topliss-reactive ketones (excluding diaryl/α,β-unsaturated/α-hetero) is 1. The van der Waals surface area contributed by atoms with Gasteiger partial charge in [0.2, 0.25) is 0 Å². The molecule has 0 bridgehead atoms. The second-order valence-electron chi connectivity index (χ2n) is 6.44. The van der Waals surface area contributed by atoms with Crippen molar-refractivity contribution in [2.45, 2.75) is 32.1 Å². The second-order valence-corrected chi connectivity index (χ2v) is 6.44. The van der Waals surface area contributed by atoms with Crippen molar-refractivity contribution in [3.8, 4) is 17.0 Å². The summed E-state index contributed by atoms with van der Waals surface area (Å²) < 4.78 is 27.0. The predicted molar refractivity (Wildman–Crippen MR) is 80.2 cm³/mol. The summed E-state index contributed by atoms with van der Waals surface area (Å²) in [4.78, 5) is 17.1. The van der Waals surface area contributed by atoms with E-state index in [-0.39, 0.29) is 16.8 Å². The van der Waals surface area contributed by atoms with Crippen molar-refractivity contribution in [1.29, 1.82) is 0 Å². The van der Waals surface area contributed by atoms with Crippen LogP contribution in [0.2, 0.25) is 0 Å². The topological polar surface area (TPSA) is 50.2 Å². The van der Waals surface area contributed by atoms with Gasteiger partial charge in [-0.25, -0.2) is 8.78 Å². The molecule has 0 radical (unpaired) electrons. The number of rotatable bonds is 1. The number of carbonyl (C=O) groups is 1. The molecule has 1 heterocycles. The zero-order valence-electron chi connectivity index (χ0n) is 12.4. The van der Waals surface area contributed by atoms with Gasteiger partial charge in [0.25, 0.3) is 0 Å². The van der Waals surface area contributed by atoms with Gasteiger partial charge in [-0.3, -0.25) is 9.78 Å². The maximum atomic E-state index is 13.5. The lowest BCUT2D eigenvalue weighted by molar-refractivity contribution is 0.0552. The van der Waals surface area contributed by atoms with E-state index in [4.69, 9.17) is 0 Å². The number of pyridine rings is 1. The predicted octanol–water partition coefficient (Wildman–Crippen LogP) is 4.03. The normalized spacial score (nSPS) is 18.6. The Kier molecular flexibility index (Phi) is 3.01. The Bertz CT molecular complexity index is 805. The minimum absolute atomic E-state index is 0.159. The number of benzene rings is 1. The number of ketones is 1. The molecule has 23 heavy (non-hydrogen) atoms. The van der Waals surface area contributed by atoms with Crippen LogP contribution in [0.5, 0.6) is 5.75 Å². The molecule has 118 valence electrons. The number of carbonyl (C=O) groups excluding carboxylic acids is 1. The van der Waals surface area contributed by atoms with E-state index in [1.54, 1.807) is 12.1 Å². The molecule has 1 fully saturated rings. The van der Waals surface area contributed by atoms with Crippen LogP contribution < -0.4 is 0 Å². The molecule has 0 amide bonds. The van der Waals surface area contributed by atoms with E-state index in [9.17, 15) is 18.7 Å². The van der Waals surface area contributed by atoms with E-state index < -0.39 is 17.4 Å². The number of nitrogens with zero attached hydrogens (tertiary/aromatic N) is 1. The molecule has 0 unspecified atom stereocenters. The number of phenols is 1. The molecule has 2 aliphatic carbocycles. The highest BCUT2D eigenvalue weighted by atomic mass is 19.1. The standard InChI is InChI=1S/C18H15F2NO2/c19-12-8-10(9-13(20)16(12)22)14-3-2-11-15(21-14)4-7-18(17(11)23)5-1-6-18/h2-3,8-9,22H,1,4-7H2. The van der Waals surface area contributed by atoms with Crippen LogP contribution in [0.15, 0.2) is 24.3 Å². The Morgan fingerprint density at radius 2 is 1.78 bits per heavy atom. The number of aromatic nitrogens is 1. The Morgan fingerprint density at radius 1 is 1.09 bits per heavy atom. The smallest absolute Gasteiger partial charge is 0.187 e. The largest absolute Gasteiger partial charge is 0.503 e. The first kappa shape index (κ1) is 14.3. The first-order valence-corrected chi connectivity index (χ1v) is 7.73. The van der Waals surface area contributed by atoms with Crippen LogP contribution in [0.4, 0.5) is 8.78 Å². The number of halogens is 2. The second kappa shape index (κ2) is 4.85. The van der Waals surface area contributed by atoms with Crippen LogP contribution in [-0.4, -0.2) is 15.9 Å². The lowest BCUT2D eigenvalue weighted by Crippen LogP contribution is -2.41. The first-order valence-electron chi connectivity index (χ1n) is 7.73. The molecule has 1 spiro atoms. The summed E-state index contributed by atoms with van der Waals surface area (Å²) in [6.07, 6.45) is 4.49. The third-order valence-electron chi connectivity index (χ3n) is 5.16. The van der Waals surface area contributed by atoms with Crippen molar-refractivity contribution in [1.82, 2.24) is 4.98 Å². The summed E-state index contributed by atoms with van der Waals surface area (Å²) in [5.41, 5.74) is 1.79. The minimum atomic E-state index is -1.02. The Balaban J connectivity index is 1.75. The van der Waals surface area contributed by atoms with Gasteiger partial charge in [-0.05, 0) is 49.9 Å². The lowest BCUT2D eigenvalue weighted by Gasteiger charge is -2.43. The summed E-state index contributed by atoms with van der Waals surface area (Å²) in [6.45, 7) is 0. The fourth-order valence-electron chi connectivity index (χ4n) is 3.61. The van der Waals surface area contributed by atoms with Gasteiger partial charge in [0.1, 0.15) is 0 Å². The lowest BCUT2D eigenvalue weighted by atomic mass is 9.59. The summed E-state index contributed by atoms with van der Waals surface area (Å²) in [6, 6.07) is 5.41. The van der Waals surface area contributed by atoms with Gasteiger partial charge in [-0.15, -0.1) is 0 Å². The van der Waals surface area contributed by atoms with Crippen LogP contribution >= 0.6 is 0 Å². The average Bonchev–Trinajstić information content (AvgIpc) is 2.50. The van der Waals surface area contributed by atoms with E-state index in [1.165, 1.54) is 0 Å². The molecule has 1 saturated carbocycles. The molecular formula is C18H15F2NO2. The molecule has 5 heteroatoms. The fraction of sp³-hybridized carbons (Fsp3) is 0.333. The average molecular weight is 315 g/mol. The molecule has 1 aromatic heterocycles. The molecule has 1 aromatic carbocycles. The van der Waals surface area contributed by atoms with Crippen molar-refractivity contribution in [3.63, 3.8) is 0 Å². The van der Waals surface area contributed by atoms with E-state index in [0.29, 0.717) is 23.4 Å². The van der Waals surface area contributed by atoms with E-state index in [0.717, 1.165) is 37.8 Å². The van der Waals surface area contributed by atoms with Crippen molar-refractivity contribution >= 4 is 5.78 Å². The number of hydrogen-bond donors (Lipinski definition) is 1. The fourth-order valence-corrected chi connectivity index (χ4v) is 3.61. The minimum Gasteiger partial charge on any atom is -0.503 e. The monoisotopic (exact) mass is 315 g/mol. The van der Waals surface area contributed by atoms with Crippen molar-refractivity contribution in [2.75, 3.05) is 0 Å². The Morgan fingerprint density at radius 3 is 2.39 bits per heavy atom. The molecule has 1 N–H and O–H groups in total. The maximum Gasteiger partial charge on any atom is 0.187 e. The Hall–Kier alpha value is -2.30. The van der Waals surface area contributed by atoms with Crippen molar-refractivity contribution in [2.24, 2.45) is 5.41 Å². The van der Waals surface area contributed by atoms with Crippen LogP contribution in [0, 0.1) is 17.0 Å². The molecular weight excluding hydrogens is 300 g/mol. The van der Waals surface area contributed by atoms with Gasteiger partial charge in [-0.2, -0.15) is 0 Å². The maximum absolute atomic E-state index is 13.5. The van der Waals surface area contributed by atoms with Crippen LogP contribution in [0.25, 0.3) is 11.3 Å². The Labute approximate surface area is 132 Å². The zero-order valence-corrected chi connectivity index (χ0v) is 12.4. The number of aryl methyl sites for hydroxylation is 1. The quantitative estimate of drug-likeness (QED) is 0.864. The third kappa shape index (κ3) is 2.06. The summed E-state index contributed by atoms with van der Waals surface area (Å²) in [7, 11) is 0. The molecule has 0 atom stereocenters. The van der Waals surface area contributed by atoms with Crippen LogP contribution in [-0.2, 0) is 6.42 Å². The van der Waals surface area contributed by atoms with Gasteiger partial charge in [0, 0.05) is 16.5 Å². The van der Waals surface area contributed by atoms with Crippen molar-refractivity contribution in [3.05, 3.63) is 47.2 Å². The van der Waals surface area contributed by atoms with Gasteiger partial charge in [-0.1, -0.05) is 6.42 Å². The summed E-state index contributed by atoms with van der Waals surface area (Å²) in [5.74, 6) is -2.88. The molecule has 2 aliphatic rings. The van der Waals surface area contributed by atoms with E-state index >= 15 is 0 Å². The van der Waals surface area contributed by atoms with Gasteiger partial charge < -0.3 is 5.11 Å². The van der Waals surface area contributed by atoms with Gasteiger partial charge >= 0.3 is 0 Å². The highest BCUT2D eigenvalue weighted by molar-refractivity contribution is 6.03. The molecule has 0 aliphatic heterocycles. The van der Waals surface area contributed by atoms with Crippen molar-refractivity contribution < 1.29 is 18.7 Å². The molecule has 2 aromatic rings. The molecule has 3 nitrogen and oxygen atoms in total. The first-order chi connectivity index (χ1) is 11.0. The summed E-state index contributed by atoms with van der Waals surface area (Å²) in [5, 5.41) is 9.18. The third-order valence-corrected chi connectivity index (χ3v) is 5.16. The highest BCUT2D eigenvalue weighted by Gasteiger charge is 2.47. The van der Waals surface area contributed by atoms with Gasteiger partial charge in [0.05, 0.1) is 11.4 Å². The van der Waals surface area contributed by atoms with E-state index in [1.807, 2.05) is 0 Å². The van der Waals surface area contributed by atoms with E-state index in [2.05, 4.69) is 4.98 Å². The molecule has 0 saturated heterocycles. The SMILES string of the molecule is O=C1c2ccc(-c3cc(F)c(O)c(F)c3)nc2CCC12CCC2. The zero-order chi connectivity index (χ0) is 16.2. The number of hydrogen-bond acceptors (Lipinski definition) is 3. The molecule has 4 rings (SSSR count).